The summed E-state index contributed by atoms with van der Waals surface area (Å²) in [6.45, 7) is 7.18. The predicted molar refractivity (Wildman–Crippen MR) is 110 cm³/mol. The lowest BCUT2D eigenvalue weighted by molar-refractivity contribution is 0.0922. The van der Waals surface area contributed by atoms with E-state index >= 15 is 0 Å². The second-order valence-electron chi connectivity index (χ2n) is 7.71. The van der Waals surface area contributed by atoms with Gasteiger partial charge in [-0.25, -0.2) is 0 Å². The third-order valence-corrected chi connectivity index (χ3v) is 5.88. The molecule has 4 nitrogen and oxygen atoms in total. The Morgan fingerprint density at radius 2 is 2.04 bits per heavy atom. The van der Waals surface area contributed by atoms with Crippen LogP contribution in [0.2, 0.25) is 0 Å². The fourth-order valence-electron chi connectivity index (χ4n) is 4.22. The van der Waals surface area contributed by atoms with Crippen LogP contribution in [0.4, 0.5) is 0 Å². The first-order chi connectivity index (χ1) is 13.1. The lowest BCUT2D eigenvalue weighted by atomic mass is 10.0. The van der Waals surface area contributed by atoms with Gasteiger partial charge in [-0.3, -0.25) is 4.79 Å². The summed E-state index contributed by atoms with van der Waals surface area (Å²) in [6, 6.07) is 12.9. The molecule has 1 aliphatic heterocycles. The van der Waals surface area contributed by atoms with Crippen LogP contribution in [-0.2, 0) is 0 Å². The van der Waals surface area contributed by atoms with Gasteiger partial charge in [-0.1, -0.05) is 42.8 Å². The van der Waals surface area contributed by atoms with Crippen molar-refractivity contribution >= 4 is 27.6 Å². The maximum atomic E-state index is 12.7. The monoisotopic (exact) mass is 364 g/mol. The van der Waals surface area contributed by atoms with E-state index in [9.17, 15) is 4.79 Å². The van der Waals surface area contributed by atoms with Crippen molar-refractivity contribution < 1.29 is 9.21 Å². The van der Waals surface area contributed by atoms with E-state index in [1.165, 1.54) is 25.8 Å². The summed E-state index contributed by atoms with van der Waals surface area (Å²) in [7, 11) is 0. The van der Waals surface area contributed by atoms with Crippen molar-refractivity contribution in [2.45, 2.75) is 45.6 Å². The summed E-state index contributed by atoms with van der Waals surface area (Å²) in [6.07, 6.45) is 4.90. The van der Waals surface area contributed by atoms with E-state index in [0.29, 0.717) is 18.3 Å². The Bertz CT molecular complexity index is 960. The molecule has 27 heavy (non-hydrogen) atoms. The molecule has 0 radical (unpaired) electrons. The van der Waals surface area contributed by atoms with Gasteiger partial charge in [0.05, 0.1) is 0 Å². The number of rotatable bonds is 5. The molecule has 2 heterocycles. The fourth-order valence-corrected chi connectivity index (χ4v) is 4.22. The summed E-state index contributed by atoms with van der Waals surface area (Å²) in [5.74, 6) is 0.326. The first-order valence-electron chi connectivity index (χ1n) is 10.1. The van der Waals surface area contributed by atoms with Gasteiger partial charge in [0.25, 0.3) is 5.91 Å². The Kier molecular flexibility index (Phi) is 5.17. The molecule has 4 rings (SSSR count). The minimum absolute atomic E-state index is 0.112. The topological polar surface area (TPSA) is 45.5 Å². The molecule has 0 aliphatic carbocycles. The van der Waals surface area contributed by atoms with E-state index in [4.69, 9.17) is 4.42 Å². The summed E-state index contributed by atoms with van der Waals surface area (Å²) < 4.78 is 6.02. The van der Waals surface area contributed by atoms with Crippen molar-refractivity contribution in [3.05, 3.63) is 47.7 Å². The highest BCUT2D eigenvalue weighted by atomic mass is 16.3. The number of nitrogens with zero attached hydrogens (tertiary/aromatic N) is 1. The molecule has 1 fully saturated rings. The third-order valence-electron chi connectivity index (χ3n) is 5.88. The Hall–Kier alpha value is -2.33. The molecule has 1 atom stereocenters. The van der Waals surface area contributed by atoms with E-state index in [0.717, 1.165) is 40.3 Å². The molecule has 3 aromatic rings. The summed E-state index contributed by atoms with van der Waals surface area (Å²) >= 11 is 0. The lowest BCUT2D eigenvalue weighted by Gasteiger charge is -2.33. The summed E-state index contributed by atoms with van der Waals surface area (Å²) in [5.41, 5.74) is 1.72. The number of carbonyl (C=O) groups excluding carboxylic acids is 1. The minimum atomic E-state index is -0.112. The standard InChI is InChI=1S/C23H28N2O2/c1-16-8-5-6-14-25(16)15-7-13-24-23(26)21-17(2)19-12-11-18-9-3-4-10-20(18)22(19)27-21/h3-4,9-12,16H,5-8,13-15H2,1-2H3,(H,24,26)/t16-/m0/s1. The van der Waals surface area contributed by atoms with Gasteiger partial charge in [-0.2, -0.15) is 0 Å². The first-order valence-corrected chi connectivity index (χ1v) is 10.1. The molecule has 142 valence electrons. The van der Waals surface area contributed by atoms with Gasteiger partial charge in [0.2, 0.25) is 0 Å². The summed E-state index contributed by atoms with van der Waals surface area (Å²) in [4.78, 5) is 15.2. The highest BCUT2D eigenvalue weighted by Crippen LogP contribution is 2.31. The van der Waals surface area contributed by atoms with Crippen LogP contribution < -0.4 is 5.32 Å². The van der Waals surface area contributed by atoms with Crippen LogP contribution in [0, 0.1) is 6.92 Å². The maximum Gasteiger partial charge on any atom is 0.287 e. The highest BCUT2D eigenvalue weighted by Gasteiger charge is 2.20. The molecule has 1 amide bonds. The molecule has 0 unspecified atom stereocenters. The normalized spacial score (nSPS) is 18.2. The number of fused-ring (bicyclic) bond motifs is 3. The number of piperidine rings is 1. The van der Waals surface area contributed by atoms with Crippen molar-refractivity contribution in [1.82, 2.24) is 10.2 Å². The molecule has 1 aromatic heterocycles. The van der Waals surface area contributed by atoms with E-state index in [1.54, 1.807) is 0 Å². The van der Waals surface area contributed by atoms with Crippen molar-refractivity contribution in [3.8, 4) is 0 Å². The number of likely N-dealkylation sites (tertiary alicyclic amines) is 1. The molecule has 0 saturated carbocycles. The molecular weight excluding hydrogens is 336 g/mol. The zero-order valence-corrected chi connectivity index (χ0v) is 16.3. The quantitative estimate of drug-likeness (QED) is 0.656. The van der Waals surface area contributed by atoms with E-state index in [-0.39, 0.29) is 5.91 Å². The van der Waals surface area contributed by atoms with Crippen LogP contribution in [0.15, 0.2) is 40.8 Å². The largest absolute Gasteiger partial charge is 0.450 e. The number of hydrogen-bond donors (Lipinski definition) is 1. The molecular formula is C23H28N2O2. The van der Waals surface area contributed by atoms with Crippen molar-refractivity contribution in [3.63, 3.8) is 0 Å². The van der Waals surface area contributed by atoms with E-state index in [1.807, 2.05) is 31.2 Å². The average Bonchev–Trinajstić information content (AvgIpc) is 3.03. The van der Waals surface area contributed by atoms with Crippen LogP contribution >= 0.6 is 0 Å². The lowest BCUT2D eigenvalue weighted by Crippen LogP contribution is -2.39. The number of amides is 1. The molecule has 1 N–H and O–H groups in total. The first kappa shape index (κ1) is 18.1. The zero-order valence-electron chi connectivity index (χ0n) is 16.3. The van der Waals surface area contributed by atoms with Crippen LogP contribution in [-0.4, -0.2) is 36.5 Å². The zero-order chi connectivity index (χ0) is 18.8. The predicted octanol–water partition coefficient (Wildman–Crippen LogP) is 4.89. The molecule has 1 aliphatic rings. The number of carbonyl (C=O) groups is 1. The van der Waals surface area contributed by atoms with Crippen LogP contribution in [0.25, 0.3) is 21.7 Å². The second kappa shape index (κ2) is 7.73. The number of benzene rings is 2. The Balaban J connectivity index is 1.43. The molecule has 0 spiro atoms. The Labute approximate surface area is 160 Å². The van der Waals surface area contributed by atoms with Gasteiger partial charge in [0.1, 0.15) is 5.58 Å². The number of furan rings is 1. The minimum Gasteiger partial charge on any atom is -0.450 e. The van der Waals surface area contributed by atoms with Gasteiger partial charge in [0, 0.05) is 35.5 Å². The third kappa shape index (κ3) is 3.59. The SMILES string of the molecule is Cc1c(C(=O)NCCCN2CCCC[C@@H]2C)oc2c1ccc1ccccc12. The van der Waals surface area contributed by atoms with E-state index in [2.05, 4.69) is 29.3 Å². The molecule has 4 heteroatoms. The van der Waals surface area contributed by atoms with Crippen LogP contribution in [0.1, 0.15) is 48.7 Å². The van der Waals surface area contributed by atoms with Gasteiger partial charge >= 0.3 is 0 Å². The fraction of sp³-hybridized carbons (Fsp3) is 0.435. The number of hydrogen-bond acceptors (Lipinski definition) is 3. The number of nitrogens with one attached hydrogen (secondary N) is 1. The van der Waals surface area contributed by atoms with Gasteiger partial charge < -0.3 is 14.6 Å². The highest BCUT2D eigenvalue weighted by molar-refractivity contribution is 6.08. The number of aryl methyl sites for hydroxylation is 1. The smallest absolute Gasteiger partial charge is 0.287 e. The van der Waals surface area contributed by atoms with Crippen molar-refractivity contribution in [1.29, 1.82) is 0 Å². The Morgan fingerprint density at radius 1 is 1.19 bits per heavy atom. The maximum absolute atomic E-state index is 12.7. The van der Waals surface area contributed by atoms with Gasteiger partial charge in [0.15, 0.2) is 5.76 Å². The van der Waals surface area contributed by atoms with Crippen molar-refractivity contribution in [2.75, 3.05) is 19.6 Å². The van der Waals surface area contributed by atoms with Crippen LogP contribution in [0.3, 0.4) is 0 Å². The molecule has 2 aromatic carbocycles. The summed E-state index contributed by atoms with van der Waals surface area (Å²) in [5, 5.41) is 6.24. The van der Waals surface area contributed by atoms with Crippen molar-refractivity contribution in [2.24, 2.45) is 0 Å². The average molecular weight is 364 g/mol. The second-order valence-corrected chi connectivity index (χ2v) is 7.71. The van der Waals surface area contributed by atoms with Gasteiger partial charge in [-0.05, 0) is 45.0 Å². The van der Waals surface area contributed by atoms with Gasteiger partial charge in [-0.15, -0.1) is 0 Å². The molecule has 1 saturated heterocycles. The van der Waals surface area contributed by atoms with E-state index < -0.39 is 0 Å². The Morgan fingerprint density at radius 3 is 2.89 bits per heavy atom. The molecule has 0 bridgehead atoms. The van der Waals surface area contributed by atoms with Crippen LogP contribution in [0.5, 0.6) is 0 Å².